The molecule has 23 heteroatoms. The molecule has 1 aromatic rings. The average Bonchev–Trinajstić information content (AvgIpc) is 3.28. The third kappa shape index (κ3) is 28.6. The first-order valence-corrected chi connectivity index (χ1v) is 24.0. The monoisotopic (exact) mass is 1040 g/mol. The van der Waals surface area contributed by atoms with Gasteiger partial charge in [0, 0.05) is 130 Å². The smallest absolute Gasteiger partial charge is 0.549 e. The molecule has 1 fully saturated rings. The number of carboxylic acids is 4. The summed E-state index contributed by atoms with van der Waals surface area (Å²) in [4.78, 5) is 104. The second kappa shape index (κ2) is 38.0. The van der Waals surface area contributed by atoms with E-state index in [4.69, 9.17) is 18.9 Å². The Morgan fingerprint density at radius 2 is 1.13 bits per heavy atom. The van der Waals surface area contributed by atoms with Gasteiger partial charge in [0.2, 0.25) is 16.8 Å². The Morgan fingerprint density at radius 1 is 0.638 bits per heavy atom. The van der Waals surface area contributed by atoms with E-state index in [-0.39, 0.29) is 96.8 Å². The van der Waals surface area contributed by atoms with Crippen LogP contribution in [0, 0.1) is 0 Å². The number of hydrogen-bond acceptors (Lipinski definition) is 20. The van der Waals surface area contributed by atoms with E-state index in [1.165, 1.54) is 11.8 Å². The molecule has 1 aromatic carbocycles. The molecule has 1 heterocycles. The minimum absolute atomic E-state index is 0. The number of rotatable bonds is 38. The predicted octanol–water partition coefficient (Wildman–Crippen LogP) is -3.81. The summed E-state index contributed by atoms with van der Waals surface area (Å²) in [5.74, 6) is -5.19. The fourth-order valence-corrected chi connectivity index (χ4v) is 7.78. The number of ether oxygens (including phenoxy) is 4. The summed E-state index contributed by atoms with van der Waals surface area (Å²) in [6.07, 6.45) is 6.19. The maximum Gasteiger partial charge on any atom is 3.00 e. The second-order valence-electron chi connectivity index (χ2n) is 16.9. The SMILES string of the molecule is CCOCCCN(CC(=O)CCCCOCCOCCOCCCCc1c(NCCCCCC(C(=O)O)N2CCN(CC(=O)[O-])CCN(CC(=O)[O-])CCN(CC(=O)[O-])CC2)c(=O)c1=O)C(C)=O.[Ga+3]. The molecule has 0 spiro atoms. The van der Waals surface area contributed by atoms with E-state index < -0.39 is 60.4 Å². The summed E-state index contributed by atoms with van der Waals surface area (Å²) in [6.45, 7) is 8.00. The van der Waals surface area contributed by atoms with Gasteiger partial charge >= 0.3 is 25.8 Å². The number of nitrogens with zero attached hydrogens (tertiary/aromatic N) is 5. The van der Waals surface area contributed by atoms with E-state index in [0.717, 1.165) is 6.42 Å². The van der Waals surface area contributed by atoms with Crippen molar-refractivity contribution in [2.45, 2.75) is 90.5 Å². The van der Waals surface area contributed by atoms with Gasteiger partial charge in [-0.2, -0.15) is 0 Å². The Bertz CT molecular complexity index is 1700. The standard InChI is InChI=1S/C46H78N6O16.Ga/c1-3-65-27-11-16-52(36(2)53)32-37(54)12-6-9-25-66-28-30-68-31-29-67-26-10-7-13-38-43(45(62)44(38)61)47-15-8-4-5-14-39(46(63)64)51-23-21-49(34-41(57)58)19-17-48(33-40(55)56)18-20-50(22-24-51)35-42(59)60;/h39,47H,3-35H2,1-2H3,(H,55,56)(H,57,58)(H,59,60)(H,63,64);/q;+3/p-3. The van der Waals surface area contributed by atoms with Crippen LogP contribution in [0.5, 0.6) is 0 Å². The molecule has 1 unspecified atom stereocenters. The van der Waals surface area contributed by atoms with Gasteiger partial charge in [0.25, 0.3) is 0 Å². The van der Waals surface area contributed by atoms with E-state index in [0.29, 0.717) is 135 Å². The van der Waals surface area contributed by atoms with E-state index in [1.54, 1.807) is 19.6 Å². The van der Waals surface area contributed by atoms with Crippen molar-refractivity contribution in [1.82, 2.24) is 24.5 Å². The molecule has 1 aliphatic rings. The molecule has 1 atom stereocenters. The first-order valence-electron chi connectivity index (χ1n) is 24.0. The van der Waals surface area contributed by atoms with Crippen LogP contribution in [0.1, 0.15) is 83.6 Å². The number of carbonyl (C=O) groups is 6. The van der Waals surface area contributed by atoms with E-state index >= 15 is 0 Å². The van der Waals surface area contributed by atoms with E-state index in [1.807, 2.05) is 6.92 Å². The summed E-state index contributed by atoms with van der Waals surface area (Å²) in [5, 5.41) is 47.7. The van der Waals surface area contributed by atoms with Crippen LogP contribution < -0.4 is 31.5 Å². The third-order valence-electron chi connectivity index (χ3n) is 11.6. The molecular weight excluding hydrogens is 962 g/mol. The molecule has 22 nitrogen and oxygen atoms in total. The topological polar surface area (TPSA) is 291 Å². The number of nitrogens with one attached hydrogen (secondary N) is 1. The summed E-state index contributed by atoms with van der Waals surface area (Å²) >= 11 is 0. The zero-order valence-electron chi connectivity index (χ0n) is 40.8. The zero-order valence-corrected chi connectivity index (χ0v) is 43.2. The number of unbranched alkanes of at least 4 members (excludes halogenated alkanes) is 4. The molecule has 0 aliphatic carbocycles. The molecule has 0 aromatic heterocycles. The number of hydrogen-bond donors (Lipinski definition) is 2. The first kappa shape index (κ1) is 63.2. The number of anilines is 1. The average molecular weight is 1040 g/mol. The van der Waals surface area contributed by atoms with E-state index in [2.05, 4.69) is 5.32 Å². The van der Waals surface area contributed by atoms with Crippen LogP contribution in [0.4, 0.5) is 5.69 Å². The molecule has 0 radical (unpaired) electrons. The van der Waals surface area contributed by atoms with Crippen LogP contribution >= 0.6 is 0 Å². The molecule has 2 N–H and O–H groups in total. The van der Waals surface area contributed by atoms with Crippen LogP contribution in [0.25, 0.3) is 0 Å². The molecule has 1 aliphatic heterocycles. The van der Waals surface area contributed by atoms with Gasteiger partial charge in [-0.05, 0) is 58.3 Å². The van der Waals surface area contributed by atoms with Gasteiger partial charge in [-0.15, -0.1) is 0 Å². The fourth-order valence-electron chi connectivity index (χ4n) is 7.78. The largest absolute Gasteiger partial charge is 3.00 e. The number of aliphatic carboxylic acids is 4. The van der Waals surface area contributed by atoms with Crippen molar-refractivity contribution in [2.24, 2.45) is 0 Å². The van der Waals surface area contributed by atoms with Crippen LogP contribution in [-0.2, 0) is 54.1 Å². The minimum atomic E-state index is -1.34. The van der Waals surface area contributed by atoms with Crippen LogP contribution in [0.3, 0.4) is 0 Å². The third-order valence-corrected chi connectivity index (χ3v) is 11.6. The number of ketones is 1. The van der Waals surface area contributed by atoms with Gasteiger partial charge in [-0.1, -0.05) is 12.8 Å². The van der Waals surface area contributed by atoms with Crippen molar-refractivity contribution in [3.63, 3.8) is 0 Å². The van der Waals surface area contributed by atoms with Crippen molar-refractivity contribution >= 4 is 61.0 Å². The molecule has 388 valence electrons. The number of carbonyl (C=O) groups excluding carboxylic acids is 5. The second-order valence-corrected chi connectivity index (χ2v) is 16.9. The summed E-state index contributed by atoms with van der Waals surface area (Å²) in [7, 11) is 0. The Labute approximate surface area is 418 Å². The Morgan fingerprint density at radius 3 is 1.62 bits per heavy atom. The molecule has 0 saturated carbocycles. The molecular formula is C46H75GaN6O16. The molecule has 1 saturated heterocycles. The Kier molecular flexibility index (Phi) is 34.8. The molecule has 69 heavy (non-hydrogen) atoms. The van der Waals surface area contributed by atoms with Crippen LogP contribution in [0.2, 0.25) is 0 Å². The van der Waals surface area contributed by atoms with Gasteiger partial charge < -0.3 is 64.0 Å². The number of carboxylic acid groups (broad SMARTS) is 4. The maximum atomic E-state index is 12.5. The quantitative estimate of drug-likeness (QED) is 0.0365. The fraction of sp³-hybridized carbons (Fsp3) is 0.783. The van der Waals surface area contributed by atoms with Crippen LogP contribution in [0.15, 0.2) is 9.59 Å². The van der Waals surface area contributed by atoms with Crippen LogP contribution in [-0.4, -0.2) is 235 Å². The zero-order chi connectivity index (χ0) is 50.1. The first-order chi connectivity index (χ1) is 32.6. The van der Waals surface area contributed by atoms with Crippen molar-refractivity contribution in [3.8, 4) is 0 Å². The minimum Gasteiger partial charge on any atom is -0.549 e. The summed E-state index contributed by atoms with van der Waals surface area (Å²) in [5.41, 5.74) is -0.284. The Hall–Kier alpha value is -3.78. The summed E-state index contributed by atoms with van der Waals surface area (Å²) in [6, 6.07) is -0.959. The van der Waals surface area contributed by atoms with Gasteiger partial charge in [0.15, 0.2) is 5.78 Å². The molecule has 2 rings (SSSR count). The van der Waals surface area contributed by atoms with Gasteiger partial charge in [-0.3, -0.25) is 43.6 Å². The van der Waals surface area contributed by atoms with Crippen molar-refractivity contribution in [2.75, 3.05) is 150 Å². The van der Waals surface area contributed by atoms with Crippen molar-refractivity contribution in [3.05, 3.63) is 26.0 Å². The molecule has 0 bridgehead atoms. The van der Waals surface area contributed by atoms with Gasteiger partial charge in [-0.25, -0.2) is 0 Å². The van der Waals surface area contributed by atoms with E-state index in [9.17, 15) is 58.8 Å². The van der Waals surface area contributed by atoms with Gasteiger partial charge in [0.1, 0.15) is 6.04 Å². The maximum absolute atomic E-state index is 12.5. The Balaban J connectivity index is 0.0000238. The van der Waals surface area contributed by atoms with Gasteiger partial charge in [0.05, 0.1) is 56.6 Å². The van der Waals surface area contributed by atoms with Crippen molar-refractivity contribution < 1.29 is 68.1 Å². The number of Topliss-reactive ketones (excluding diaryl/α,β-unsaturated/α-hetero) is 1. The molecule has 1 amide bonds. The summed E-state index contributed by atoms with van der Waals surface area (Å²) < 4.78 is 22.1. The predicted molar refractivity (Wildman–Crippen MR) is 249 cm³/mol. The van der Waals surface area contributed by atoms with Crippen molar-refractivity contribution in [1.29, 1.82) is 0 Å². The number of amides is 1. The normalized spacial score (nSPS) is 15.2.